The van der Waals surface area contributed by atoms with E-state index in [4.69, 9.17) is 10.6 Å². The Morgan fingerprint density at radius 3 is 2.82 bits per heavy atom. The summed E-state index contributed by atoms with van der Waals surface area (Å²) in [7, 11) is 1.28. The Labute approximate surface area is 228 Å². The first kappa shape index (κ1) is 26.3. The van der Waals surface area contributed by atoms with Crippen molar-refractivity contribution in [1.82, 2.24) is 24.8 Å². The number of carbonyl (C=O) groups is 3. The van der Waals surface area contributed by atoms with E-state index < -0.39 is 34.6 Å². The van der Waals surface area contributed by atoms with E-state index in [1.54, 1.807) is 22.1 Å². The summed E-state index contributed by atoms with van der Waals surface area (Å²) < 4.78 is 1.69. The van der Waals surface area contributed by atoms with Crippen LogP contribution < -0.4 is 11.1 Å². The number of aromatic hydroxyl groups is 2. The quantitative estimate of drug-likeness (QED) is 0.0827. The first-order valence-corrected chi connectivity index (χ1v) is 13.4. The molecule has 39 heavy (non-hydrogen) atoms. The van der Waals surface area contributed by atoms with E-state index in [9.17, 15) is 29.7 Å². The second-order valence-electron chi connectivity index (χ2n) is 8.90. The second-order valence-corrected chi connectivity index (χ2v) is 10.9. The number of nitrogens with one attached hydrogen (secondary N) is 1. The molecule has 4 heterocycles. The van der Waals surface area contributed by atoms with Crippen molar-refractivity contribution in [2.45, 2.75) is 18.0 Å². The number of benzene rings is 1. The molecule has 0 aliphatic carbocycles. The minimum Gasteiger partial charge on any atom is -0.504 e. The number of nitrogens with two attached hydrogens (primary N) is 1. The Hall–Kier alpha value is -4.31. The van der Waals surface area contributed by atoms with Crippen LogP contribution in [-0.4, -0.2) is 89.1 Å². The number of nitrogen functional groups attached to an aromatic ring is 1. The maximum absolute atomic E-state index is 12.9. The normalized spacial score (nSPS) is 23.1. The van der Waals surface area contributed by atoms with E-state index in [0.29, 0.717) is 11.0 Å². The summed E-state index contributed by atoms with van der Waals surface area (Å²) in [4.78, 5) is 52.5. The molecule has 3 aromatic rings. The van der Waals surface area contributed by atoms with Gasteiger partial charge in [0, 0.05) is 36.4 Å². The molecular weight excluding hydrogens is 550 g/mol. The van der Waals surface area contributed by atoms with Crippen LogP contribution in [0.3, 0.4) is 0 Å². The van der Waals surface area contributed by atoms with Gasteiger partial charge in [0.2, 0.25) is 5.91 Å². The third-order valence-electron chi connectivity index (χ3n) is 6.44. The van der Waals surface area contributed by atoms with Crippen molar-refractivity contribution in [3.63, 3.8) is 0 Å². The maximum Gasteiger partial charge on any atom is 0.316 e. The Kier molecular flexibility index (Phi) is 6.82. The van der Waals surface area contributed by atoms with Gasteiger partial charge in [0.05, 0.1) is 17.4 Å². The molecule has 2 aliphatic heterocycles. The van der Waals surface area contributed by atoms with Gasteiger partial charge in [-0.1, -0.05) is 17.3 Å². The topological polar surface area (TPSA) is 205 Å². The summed E-state index contributed by atoms with van der Waals surface area (Å²) in [5.74, 6) is -2.57. The predicted octanol–water partition coefficient (Wildman–Crippen LogP) is 0.564. The molecule has 2 amide bonds. The van der Waals surface area contributed by atoms with Crippen molar-refractivity contribution >= 4 is 62.8 Å². The van der Waals surface area contributed by atoms with Gasteiger partial charge in [0.25, 0.3) is 5.91 Å². The first-order valence-electron chi connectivity index (χ1n) is 11.5. The summed E-state index contributed by atoms with van der Waals surface area (Å²) in [6.45, 7) is 0.182. The van der Waals surface area contributed by atoms with Crippen LogP contribution in [0.1, 0.15) is 5.69 Å². The number of amides is 2. The lowest BCUT2D eigenvalue weighted by molar-refractivity contribution is -0.156. The molecule has 16 heteroatoms. The third kappa shape index (κ3) is 4.72. The zero-order valence-electron chi connectivity index (χ0n) is 20.3. The molecule has 0 radical (unpaired) electrons. The number of carboxylic acid groups (broad SMARTS) is 1. The molecule has 2 aliphatic rings. The Bertz CT molecular complexity index is 1530. The molecule has 3 atom stereocenters. The SMILES string of the molecule is CON=C(C(=O)NC1C(=O)N2CC(C=CCn3cnc4cc(O)c(O)cc43)(C(=O)O)CS[C@H]12)c1csc(N)n1. The maximum atomic E-state index is 12.9. The zero-order valence-corrected chi connectivity index (χ0v) is 22.0. The Balaban J connectivity index is 1.27. The molecule has 2 saturated heterocycles. The van der Waals surface area contributed by atoms with Gasteiger partial charge in [0.15, 0.2) is 22.3 Å². The molecule has 0 spiro atoms. The number of phenols is 2. The fourth-order valence-electron chi connectivity index (χ4n) is 4.42. The fraction of sp³-hybridized carbons (Fsp3) is 0.304. The summed E-state index contributed by atoms with van der Waals surface area (Å²) in [5.41, 5.74) is 5.42. The lowest BCUT2D eigenvalue weighted by Crippen LogP contribution is -2.73. The molecule has 204 valence electrons. The highest BCUT2D eigenvalue weighted by Gasteiger charge is 2.56. The number of nitrogens with zero attached hydrogens (tertiary/aromatic N) is 5. The number of anilines is 1. The molecule has 0 bridgehead atoms. The number of imidazole rings is 1. The van der Waals surface area contributed by atoms with Gasteiger partial charge in [-0.15, -0.1) is 23.1 Å². The molecule has 2 unspecified atom stereocenters. The van der Waals surface area contributed by atoms with Crippen molar-refractivity contribution in [2.75, 3.05) is 25.1 Å². The van der Waals surface area contributed by atoms with Gasteiger partial charge in [-0.2, -0.15) is 0 Å². The van der Waals surface area contributed by atoms with Gasteiger partial charge < -0.3 is 40.7 Å². The van der Waals surface area contributed by atoms with E-state index in [-0.39, 0.29) is 46.9 Å². The lowest BCUT2D eigenvalue weighted by Gasteiger charge is -2.53. The number of fused-ring (bicyclic) bond motifs is 2. The van der Waals surface area contributed by atoms with Crippen LogP contribution >= 0.6 is 23.1 Å². The predicted molar refractivity (Wildman–Crippen MR) is 142 cm³/mol. The number of carbonyl (C=O) groups excluding carboxylic acids is 2. The van der Waals surface area contributed by atoms with Gasteiger partial charge in [-0.25, -0.2) is 9.97 Å². The average molecular weight is 574 g/mol. The number of allylic oxidation sites excluding steroid dienone is 1. The standard InChI is InChI=1S/C23H23N7O7S2/c1-37-28-16(12-7-38-22(24)26-12)18(33)27-17-19(34)30-8-23(21(35)36,9-39-20(17)30)3-2-4-29-10-25-11-5-14(31)15(32)6-13(11)29/h2-3,5-7,10,17,20,31-32H,4,8-9H2,1H3,(H2,24,26)(H,27,33)(H,35,36)/t17?,20-,23?/m1/s1. The molecule has 14 nitrogen and oxygen atoms in total. The van der Waals surface area contributed by atoms with Gasteiger partial charge in [-0.3, -0.25) is 14.4 Å². The minimum atomic E-state index is -1.34. The number of aliphatic carboxylic acids is 1. The first-order chi connectivity index (χ1) is 18.6. The number of oxime groups is 1. The number of thioether (sulfide) groups is 1. The number of β-lactam (4-membered cyclic amide) rings is 1. The molecule has 2 fully saturated rings. The number of carboxylic acids is 1. The highest BCUT2D eigenvalue weighted by molar-refractivity contribution is 8.00. The van der Waals surface area contributed by atoms with E-state index >= 15 is 0 Å². The Morgan fingerprint density at radius 1 is 1.36 bits per heavy atom. The van der Waals surface area contributed by atoms with Gasteiger partial charge in [-0.05, 0) is 0 Å². The molecule has 6 N–H and O–H groups in total. The van der Waals surface area contributed by atoms with Crippen molar-refractivity contribution < 1.29 is 34.5 Å². The Morgan fingerprint density at radius 2 is 2.13 bits per heavy atom. The van der Waals surface area contributed by atoms with E-state index in [2.05, 4.69) is 20.4 Å². The summed E-state index contributed by atoms with van der Waals surface area (Å²) in [6, 6.07) is 1.85. The molecule has 5 rings (SSSR count). The fourth-order valence-corrected chi connectivity index (χ4v) is 6.48. The van der Waals surface area contributed by atoms with Crippen LogP contribution in [0.5, 0.6) is 11.5 Å². The molecular formula is C23H23N7O7S2. The van der Waals surface area contributed by atoms with Crippen molar-refractivity contribution in [2.24, 2.45) is 10.6 Å². The van der Waals surface area contributed by atoms with Gasteiger partial charge in [0.1, 0.15) is 29.6 Å². The van der Waals surface area contributed by atoms with Crippen LogP contribution in [0.15, 0.2) is 41.1 Å². The summed E-state index contributed by atoms with van der Waals surface area (Å²) in [6.07, 6.45) is 4.73. The monoisotopic (exact) mass is 573 g/mol. The van der Waals surface area contributed by atoms with Crippen LogP contribution in [0.4, 0.5) is 5.13 Å². The number of thiazole rings is 1. The van der Waals surface area contributed by atoms with Crippen LogP contribution in [0.25, 0.3) is 11.0 Å². The third-order valence-corrected chi connectivity index (χ3v) is 8.66. The number of rotatable bonds is 8. The summed E-state index contributed by atoms with van der Waals surface area (Å²) in [5, 5.41) is 37.2. The lowest BCUT2D eigenvalue weighted by atomic mass is 9.86. The molecule has 0 saturated carbocycles. The van der Waals surface area contributed by atoms with E-state index in [0.717, 1.165) is 11.3 Å². The summed E-state index contributed by atoms with van der Waals surface area (Å²) >= 11 is 2.38. The zero-order chi connectivity index (χ0) is 27.9. The van der Waals surface area contributed by atoms with Crippen molar-refractivity contribution in [3.05, 3.63) is 41.7 Å². The molecule has 2 aromatic heterocycles. The van der Waals surface area contributed by atoms with E-state index in [1.807, 2.05) is 0 Å². The highest BCUT2D eigenvalue weighted by Crippen LogP contribution is 2.43. The smallest absolute Gasteiger partial charge is 0.316 e. The van der Waals surface area contributed by atoms with Gasteiger partial charge >= 0.3 is 5.97 Å². The van der Waals surface area contributed by atoms with Crippen LogP contribution in [-0.2, 0) is 25.8 Å². The number of aromatic nitrogens is 3. The van der Waals surface area contributed by atoms with Crippen molar-refractivity contribution in [1.29, 1.82) is 0 Å². The van der Waals surface area contributed by atoms with E-state index in [1.165, 1.54) is 42.2 Å². The largest absolute Gasteiger partial charge is 0.504 e. The number of phenolic OH excluding ortho intramolecular Hbond substituents is 2. The van der Waals surface area contributed by atoms with Crippen molar-refractivity contribution in [3.8, 4) is 11.5 Å². The minimum absolute atomic E-state index is 0.0668. The molecule has 1 aromatic carbocycles. The highest BCUT2D eigenvalue weighted by atomic mass is 32.2. The number of hydrogen-bond acceptors (Lipinski definition) is 12. The van der Waals surface area contributed by atoms with Crippen LogP contribution in [0.2, 0.25) is 0 Å². The van der Waals surface area contributed by atoms with Crippen LogP contribution in [0, 0.1) is 5.41 Å². The number of hydrogen-bond donors (Lipinski definition) is 5. The second kappa shape index (κ2) is 10.1. The average Bonchev–Trinajstić information content (AvgIpc) is 3.51.